The fourth-order valence-corrected chi connectivity index (χ4v) is 3.64. The van der Waals surface area contributed by atoms with Crippen LogP contribution in [0.25, 0.3) is 0 Å². The van der Waals surface area contributed by atoms with E-state index in [-0.39, 0.29) is 10.7 Å². The van der Waals surface area contributed by atoms with Crippen LogP contribution in [0.5, 0.6) is 0 Å². The van der Waals surface area contributed by atoms with E-state index in [2.05, 4.69) is 32.0 Å². The Kier molecular flexibility index (Phi) is 5.70. The van der Waals surface area contributed by atoms with Crippen molar-refractivity contribution in [1.82, 2.24) is 14.9 Å². The van der Waals surface area contributed by atoms with Crippen LogP contribution in [-0.2, 0) is 16.6 Å². The van der Waals surface area contributed by atoms with Crippen molar-refractivity contribution < 1.29 is 8.42 Å². The molecule has 0 amide bonds. The van der Waals surface area contributed by atoms with E-state index in [1.165, 1.54) is 12.3 Å². The lowest BCUT2D eigenvalue weighted by Gasteiger charge is -2.34. The van der Waals surface area contributed by atoms with Gasteiger partial charge in [0.05, 0.1) is 0 Å². The number of hydrogen-bond acceptors (Lipinski definition) is 7. The Balaban J connectivity index is 1.69. The van der Waals surface area contributed by atoms with E-state index < -0.39 is 10.0 Å². The fourth-order valence-electron chi connectivity index (χ4n) is 2.98. The fraction of sp³-hybridized carbons (Fsp3) is 0.412. The van der Waals surface area contributed by atoms with E-state index in [0.29, 0.717) is 6.54 Å². The van der Waals surface area contributed by atoms with Crippen LogP contribution in [0.4, 0.5) is 11.6 Å². The number of pyridine rings is 2. The molecule has 3 rings (SSSR count). The minimum atomic E-state index is -3.82. The molecule has 1 aliphatic rings. The molecular weight excluding hydrogens is 352 g/mol. The van der Waals surface area contributed by atoms with Crippen LogP contribution >= 0.6 is 0 Å². The zero-order chi connectivity index (χ0) is 18.6. The minimum Gasteiger partial charge on any atom is -0.365 e. The van der Waals surface area contributed by atoms with Crippen LogP contribution in [-0.4, -0.2) is 56.0 Å². The molecule has 2 aromatic heterocycles. The summed E-state index contributed by atoms with van der Waals surface area (Å²) in [6.45, 7) is 7.65. The highest BCUT2D eigenvalue weighted by Crippen LogP contribution is 2.19. The highest BCUT2D eigenvalue weighted by Gasteiger charge is 2.17. The molecule has 3 N–H and O–H groups in total. The molecule has 0 aliphatic carbocycles. The van der Waals surface area contributed by atoms with Crippen LogP contribution in [0.3, 0.4) is 0 Å². The molecule has 0 saturated carbocycles. The molecule has 0 unspecified atom stereocenters. The third-order valence-electron chi connectivity index (χ3n) is 4.49. The average Bonchev–Trinajstić information content (AvgIpc) is 2.66. The lowest BCUT2D eigenvalue weighted by molar-refractivity contribution is 0.270. The number of nitrogens with zero attached hydrogens (tertiary/aromatic N) is 4. The Morgan fingerprint density at radius 2 is 1.92 bits per heavy atom. The quantitative estimate of drug-likeness (QED) is 0.771. The third-order valence-corrected chi connectivity index (χ3v) is 5.43. The van der Waals surface area contributed by atoms with Gasteiger partial charge in [-0.15, -0.1) is 0 Å². The number of likely N-dealkylation sites (N-methyl/N-ethyl adjacent to an activating group) is 1. The maximum Gasteiger partial charge on any atom is 0.241 e. The summed E-state index contributed by atoms with van der Waals surface area (Å²) in [6, 6.07) is 6.91. The number of anilines is 2. The van der Waals surface area contributed by atoms with Crippen molar-refractivity contribution in [2.24, 2.45) is 5.14 Å². The lowest BCUT2D eigenvalue weighted by atomic mass is 10.2. The monoisotopic (exact) mass is 376 g/mol. The topological polar surface area (TPSA) is 104 Å². The molecule has 0 bridgehead atoms. The van der Waals surface area contributed by atoms with E-state index in [4.69, 9.17) is 5.14 Å². The molecule has 0 spiro atoms. The number of sulfonamides is 1. The molecule has 8 nitrogen and oxygen atoms in total. The van der Waals surface area contributed by atoms with Crippen LogP contribution in [0.15, 0.2) is 41.6 Å². The van der Waals surface area contributed by atoms with Crippen molar-refractivity contribution in [3.05, 3.63) is 42.2 Å². The van der Waals surface area contributed by atoms with Gasteiger partial charge in [0, 0.05) is 45.1 Å². The standard InChI is InChI=1S/C17H24N6O2S/c1-2-22-8-10-23(11-9-22)16-12-14(5-7-19-16)13-21-17-15(26(18,24)25)4-3-6-20-17/h3-7,12H,2,8-11,13H2,1H3,(H,20,21)(H2,18,24,25). The van der Waals surface area contributed by atoms with Crippen LogP contribution < -0.4 is 15.4 Å². The third kappa shape index (κ3) is 4.48. The first-order valence-corrected chi connectivity index (χ1v) is 10.2. The molecule has 1 aliphatic heterocycles. The van der Waals surface area contributed by atoms with Gasteiger partial charge in [-0.05, 0) is 36.4 Å². The van der Waals surface area contributed by atoms with Gasteiger partial charge in [-0.2, -0.15) is 0 Å². The molecule has 1 saturated heterocycles. The van der Waals surface area contributed by atoms with Gasteiger partial charge in [-0.25, -0.2) is 23.5 Å². The molecule has 0 radical (unpaired) electrons. The van der Waals surface area contributed by atoms with Gasteiger partial charge < -0.3 is 15.1 Å². The first-order valence-electron chi connectivity index (χ1n) is 8.61. The van der Waals surface area contributed by atoms with E-state index in [0.717, 1.165) is 44.1 Å². The molecule has 140 valence electrons. The second-order valence-electron chi connectivity index (χ2n) is 6.19. The maximum absolute atomic E-state index is 11.7. The smallest absolute Gasteiger partial charge is 0.241 e. The van der Waals surface area contributed by atoms with E-state index in [9.17, 15) is 8.42 Å². The Morgan fingerprint density at radius 1 is 1.15 bits per heavy atom. The average molecular weight is 376 g/mol. The predicted octanol–water partition coefficient (Wildman–Crippen LogP) is 0.878. The maximum atomic E-state index is 11.7. The second kappa shape index (κ2) is 7.98. The van der Waals surface area contributed by atoms with Crippen molar-refractivity contribution in [2.45, 2.75) is 18.4 Å². The Bertz CT molecular complexity index is 850. The van der Waals surface area contributed by atoms with Gasteiger partial charge in [-0.3, -0.25) is 0 Å². The summed E-state index contributed by atoms with van der Waals surface area (Å²) in [5.74, 6) is 1.19. The van der Waals surface area contributed by atoms with E-state index in [1.807, 2.05) is 12.1 Å². The van der Waals surface area contributed by atoms with E-state index in [1.54, 1.807) is 12.3 Å². The first kappa shape index (κ1) is 18.6. The van der Waals surface area contributed by atoms with Crippen LogP contribution in [0.2, 0.25) is 0 Å². The lowest BCUT2D eigenvalue weighted by Crippen LogP contribution is -2.46. The van der Waals surface area contributed by atoms with Gasteiger partial charge in [0.1, 0.15) is 16.5 Å². The zero-order valence-electron chi connectivity index (χ0n) is 14.8. The molecule has 1 fully saturated rings. The van der Waals surface area contributed by atoms with Gasteiger partial charge in [-0.1, -0.05) is 6.92 Å². The molecular formula is C17H24N6O2S. The van der Waals surface area contributed by atoms with Crippen LogP contribution in [0.1, 0.15) is 12.5 Å². The molecule has 3 heterocycles. The number of rotatable bonds is 6. The number of nitrogens with one attached hydrogen (secondary N) is 1. The molecule has 2 aromatic rings. The van der Waals surface area contributed by atoms with E-state index >= 15 is 0 Å². The summed E-state index contributed by atoms with van der Waals surface area (Å²) in [5.41, 5.74) is 0.999. The second-order valence-corrected chi connectivity index (χ2v) is 7.72. The van der Waals surface area contributed by atoms with Crippen molar-refractivity contribution >= 4 is 21.7 Å². The van der Waals surface area contributed by atoms with Gasteiger partial charge in [0.25, 0.3) is 0 Å². The molecule has 0 aromatic carbocycles. The largest absolute Gasteiger partial charge is 0.365 e. The molecule has 26 heavy (non-hydrogen) atoms. The van der Waals surface area contributed by atoms with Gasteiger partial charge >= 0.3 is 0 Å². The van der Waals surface area contributed by atoms with Crippen molar-refractivity contribution in [3.63, 3.8) is 0 Å². The Morgan fingerprint density at radius 3 is 2.62 bits per heavy atom. The Hall–Kier alpha value is -2.23. The minimum absolute atomic E-state index is 0.00929. The predicted molar refractivity (Wildman–Crippen MR) is 102 cm³/mol. The highest BCUT2D eigenvalue weighted by molar-refractivity contribution is 7.89. The number of nitrogens with two attached hydrogens (primary N) is 1. The summed E-state index contributed by atoms with van der Waals surface area (Å²) in [7, 11) is -3.82. The van der Waals surface area contributed by atoms with Gasteiger partial charge in [0.15, 0.2) is 0 Å². The van der Waals surface area contributed by atoms with Crippen molar-refractivity contribution in [2.75, 3.05) is 42.9 Å². The highest BCUT2D eigenvalue weighted by atomic mass is 32.2. The molecule has 0 atom stereocenters. The van der Waals surface area contributed by atoms with Gasteiger partial charge in [0.2, 0.25) is 10.0 Å². The van der Waals surface area contributed by atoms with Crippen molar-refractivity contribution in [1.29, 1.82) is 0 Å². The summed E-state index contributed by atoms with van der Waals surface area (Å²) < 4.78 is 23.3. The zero-order valence-corrected chi connectivity index (χ0v) is 15.6. The summed E-state index contributed by atoms with van der Waals surface area (Å²) >= 11 is 0. The summed E-state index contributed by atoms with van der Waals surface area (Å²) in [5, 5.41) is 8.30. The number of hydrogen-bond donors (Lipinski definition) is 2. The summed E-state index contributed by atoms with van der Waals surface area (Å²) in [4.78, 5) is 13.2. The number of primary sulfonamides is 1. The Labute approximate surface area is 154 Å². The normalized spacial score (nSPS) is 15.8. The van der Waals surface area contributed by atoms with Crippen LogP contribution in [0, 0.1) is 0 Å². The first-order chi connectivity index (χ1) is 12.5. The van der Waals surface area contributed by atoms with Crippen molar-refractivity contribution in [3.8, 4) is 0 Å². The number of aromatic nitrogens is 2. The SMILES string of the molecule is CCN1CCN(c2cc(CNc3ncccc3S(N)(=O)=O)ccn2)CC1. The number of piperazine rings is 1. The summed E-state index contributed by atoms with van der Waals surface area (Å²) in [6.07, 6.45) is 3.31. The molecule has 9 heteroatoms.